The molecule has 0 saturated heterocycles. The molecule has 4 fully saturated rings. The summed E-state index contributed by atoms with van der Waals surface area (Å²) in [6.45, 7) is 9.83. The molecule has 0 aromatic carbocycles. The fourth-order valence-electron chi connectivity index (χ4n) is 11.1. The zero-order chi connectivity index (χ0) is 40.3. The summed E-state index contributed by atoms with van der Waals surface area (Å²) in [4.78, 5) is 49.5. The minimum Gasteiger partial charge on any atom is -0.497 e. The third-order valence-electron chi connectivity index (χ3n) is 13.1. The topological polar surface area (TPSA) is 169 Å². The molecule has 4 unspecified atom stereocenters. The highest BCUT2D eigenvalue weighted by Gasteiger charge is 2.70. The van der Waals surface area contributed by atoms with Crippen molar-refractivity contribution in [2.45, 2.75) is 135 Å². The number of carbonyl (C=O) groups excluding carboxylic acids is 4. The highest BCUT2D eigenvalue weighted by atomic mass is 32.2. The lowest BCUT2D eigenvalue weighted by Crippen LogP contribution is -2.63. The number of halogens is 5. The maximum atomic E-state index is 14.0. The van der Waals surface area contributed by atoms with Crippen LogP contribution in [-0.2, 0) is 53.0 Å². The minimum absolute atomic E-state index is 0.0402. The van der Waals surface area contributed by atoms with Crippen LogP contribution in [0.4, 0.5) is 22.0 Å². The van der Waals surface area contributed by atoms with Crippen LogP contribution in [-0.4, -0.2) is 79.3 Å². The second kappa shape index (κ2) is 14.8. The molecule has 0 aliphatic heterocycles. The molecule has 0 amide bonds. The standard InChI is InChI=1S/C36H49F5O12S/c1-17-7-8-26(49-12-10-29(45)53-32(35(37,38)39)36(40,41)54(46,47)48)23-15-25-30-24(16-28(52-20(4)44)34(25,6)31(17)23)33(5)11-9-22(50-18(2)42)13-21(33)14-27(30)51-19(3)43/h17,21-22,24-25,27-28,30-32H,7-16H2,1-6H3,(H,46,47,48)/t17-,21+,22?,24+,25+,27?,28?,30-,31+,32?,33+,34-/m1/s1. The predicted octanol–water partition coefficient (Wildman–Crippen LogP) is 6.32. The normalized spacial score (nSPS) is 37.1. The van der Waals surface area contributed by atoms with Crippen LogP contribution in [0, 0.1) is 46.3 Å². The molecule has 0 spiro atoms. The van der Waals surface area contributed by atoms with E-state index in [2.05, 4.69) is 25.5 Å². The molecule has 1 N–H and O–H groups in total. The molecule has 306 valence electrons. The van der Waals surface area contributed by atoms with Gasteiger partial charge in [0.15, 0.2) is 0 Å². The maximum Gasteiger partial charge on any atom is 0.432 e. The molecule has 12 atom stereocenters. The molecule has 0 aromatic heterocycles. The van der Waals surface area contributed by atoms with Crippen molar-refractivity contribution in [1.29, 1.82) is 0 Å². The summed E-state index contributed by atoms with van der Waals surface area (Å²) in [5.41, 5.74) is -0.0789. The number of rotatable bonds is 10. The van der Waals surface area contributed by atoms with E-state index < -0.39 is 76.2 Å². The van der Waals surface area contributed by atoms with Crippen LogP contribution in [0.15, 0.2) is 11.3 Å². The van der Waals surface area contributed by atoms with Crippen molar-refractivity contribution >= 4 is 34.0 Å². The number of allylic oxidation sites excluding steroid dienone is 2. The van der Waals surface area contributed by atoms with Gasteiger partial charge in [-0.2, -0.15) is 30.4 Å². The van der Waals surface area contributed by atoms with E-state index >= 15 is 0 Å². The Hall–Kier alpha value is -3.02. The van der Waals surface area contributed by atoms with E-state index in [0.29, 0.717) is 50.7 Å². The van der Waals surface area contributed by atoms with Gasteiger partial charge < -0.3 is 23.7 Å². The van der Waals surface area contributed by atoms with Gasteiger partial charge in [0.1, 0.15) is 18.3 Å². The first kappa shape index (κ1) is 42.1. The second-order valence-electron chi connectivity index (χ2n) is 16.3. The number of alkyl halides is 5. The lowest BCUT2D eigenvalue weighted by Gasteiger charge is -2.64. The molecule has 0 bridgehead atoms. The zero-order valence-electron chi connectivity index (χ0n) is 31.1. The van der Waals surface area contributed by atoms with Crippen LogP contribution in [0.25, 0.3) is 0 Å². The van der Waals surface area contributed by atoms with Crippen LogP contribution >= 0.6 is 0 Å². The Morgan fingerprint density at radius 2 is 1.54 bits per heavy atom. The van der Waals surface area contributed by atoms with Gasteiger partial charge in [0, 0.05) is 38.5 Å². The Bertz CT molecular complexity index is 1650. The quantitative estimate of drug-likeness (QED) is 0.113. The SMILES string of the molecule is CC(=O)OC1CC[C@@]2(C)[C@@H](C1)CC(OC(C)=O)[C@@H]1[C@@H]2CC(OC(C)=O)[C@]2(C)[C@@H]3C(=C(OCCC(=O)OC(C(F)(F)F)C(F)(F)S(=O)(=O)O)CC[C@H]3C)C[C@@H]12. The lowest BCUT2D eigenvalue weighted by atomic mass is 9.43. The molecular formula is C36H49F5O12S. The van der Waals surface area contributed by atoms with Crippen LogP contribution in [0.2, 0.25) is 0 Å². The van der Waals surface area contributed by atoms with Crippen LogP contribution in [0.5, 0.6) is 0 Å². The lowest BCUT2D eigenvalue weighted by molar-refractivity contribution is -0.259. The van der Waals surface area contributed by atoms with E-state index in [1.807, 2.05) is 0 Å². The van der Waals surface area contributed by atoms with Crippen LogP contribution < -0.4 is 0 Å². The number of hydrogen-bond donors (Lipinski definition) is 1. The van der Waals surface area contributed by atoms with E-state index in [1.54, 1.807) is 0 Å². The molecule has 0 aromatic rings. The van der Waals surface area contributed by atoms with E-state index in [9.17, 15) is 49.5 Å². The van der Waals surface area contributed by atoms with Gasteiger partial charge in [0.05, 0.1) is 18.8 Å². The van der Waals surface area contributed by atoms with Crippen LogP contribution in [0.3, 0.4) is 0 Å². The number of hydrogen-bond acceptors (Lipinski definition) is 11. The van der Waals surface area contributed by atoms with E-state index in [-0.39, 0.29) is 53.0 Å². The van der Waals surface area contributed by atoms with Gasteiger partial charge in [-0.05, 0) is 85.5 Å². The van der Waals surface area contributed by atoms with E-state index in [4.69, 9.17) is 23.5 Å². The Morgan fingerprint density at radius 1 is 0.907 bits per heavy atom. The average Bonchev–Trinajstić information content (AvgIpc) is 3.35. The molecular weight excluding hydrogens is 751 g/mol. The molecule has 4 saturated carbocycles. The molecule has 5 aliphatic carbocycles. The highest BCUT2D eigenvalue weighted by Crippen LogP contribution is 2.71. The van der Waals surface area contributed by atoms with E-state index in [0.717, 1.165) is 12.0 Å². The average molecular weight is 801 g/mol. The van der Waals surface area contributed by atoms with Gasteiger partial charge in [-0.3, -0.25) is 23.7 Å². The van der Waals surface area contributed by atoms with Crippen molar-refractivity contribution < 1.29 is 77.8 Å². The molecule has 12 nitrogen and oxygen atoms in total. The Labute approximate surface area is 310 Å². The van der Waals surface area contributed by atoms with Crippen molar-refractivity contribution in [2.75, 3.05) is 6.61 Å². The first-order chi connectivity index (χ1) is 24.8. The maximum absolute atomic E-state index is 14.0. The summed E-state index contributed by atoms with van der Waals surface area (Å²) in [5.74, 6) is -3.17. The summed E-state index contributed by atoms with van der Waals surface area (Å²) in [6, 6.07) is 0. The molecule has 18 heteroatoms. The van der Waals surface area contributed by atoms with Crippen molar-refractivity contribution in [3.63, 3.8) is 0 Å². The van der Waals surface area contributed by atoms with Crippen molar-refractivity contribution in [3.05, 3.63) is 11.3 Å². The second-order valence-corrected chi connectivity index (χ2v) is 17.8. The summed E-state index contributed by atoms with van der Waals surface area (Å²) in [6.07, 6.45) is -8.31. The molecule has 5 rings (SSSR count). The van der Waals surface area contributed by atoms with Crippen LogP contribution in [0.1, 0.15) is 99.3 Å². The fourth-order valence-corrected chi connectivity index (χ4v) is 11.5. The smallest absolute Gasteiger partial charge is 0.432 e. The Kier molecular flexibility index (Phi) is 11.6. The molecule has 54 heavy (non-hydrogen) atoms. The van der Waals surface area contributed by atoms with Gasteiger partial charge in [0.25, 0.3) is 6.10 Å². The number of fused-ring (bicyclic) bond motifs is 7. The Morgan fingerprint density at radius 3 is 2.11 bits per heavy atom. The van der Waals surface area contributed by atoms with Gasteiger partial charge in [-0.25, -0.2) is 0 Å². The van der Waals surface area contributed by atoms with Gasteiger partial charge in [-0.15, -0.1) is 0 Å². The summed E-state index contributed by atoms with van der Waals surface area (Å²) in [5, 5.41) is -5.85. The molecule has 0 radical (unpaired) electrons. The Balaban J connectivity index is 1.45. The first-order valence-corrected chi connectivity index (χ1v) is 19.7. The largest absolute Gasteiger partial charge is 0.497 e. The monoisotopic (exact) mass is 800 g/mol. The van der Waals surface area contributed by atoms with E-state index in [1.165, 1.54) is 20.8 Å². The molecule has 5 aliphatic rings. The minimum atomic E-state index is -6.59. The van der Waals surface area contributed by atoms with Gasteiger partial charge >= 0.3 is 45.4 Å². The third-order valence-corrected chi connectivity index (χ3v) is 14.0. The van der Waals surface area contributed by atoms with Crippen molar-refractivity contribution in [1.82, 2.24) is 0 Å². The number of carbonyl (C=O) groups is 4. The summed E-state index contributed by atoms with van der Waals surface area (Å²) >= 11 is 0. The first-order valence-electron chi connectivity index (χ1n) is 18.3. The zero-order valence-corrected chi connectivity index (χ0v) is 31.9. The van der Waals surface area contributed by atoms with Crippen molar-refractivity contribution in [3.8, 4) is 0 Å². The fraction of sp³-hybridized carbons (Fsp3) is 0.833. The van der Waals surface area contributed by atoms with Gasteiger partial charge in [0.2, 0.25) is 0 Å². The number of esters is 4. The number of ether oxygens (including phenoxy) is 5. The summed E-state index contributed by atoms with van der Waals surface area (Å²) in [7, 11) is -6.59. The third kappa shape index (κ3) is 7.70. The highest BCUT2D eigenvalue weighted by molar-refractivity contribution is 7.86. The van der Waals surface area contributed by atoms with Crippen molar-refractivity contribution in [2.24, 2.45) is 46.3 Å². The van der Waals surface area contributed by atoms with Gasteiger partial charge in [-0.1, -0.05) is 20.8 Å². The summed E-state index contributed by atoms with van der Waals surface area (Å²) < 4.78 is 126. The molecule has 0 heterocycles. The predicted molar refractivity (Wildman–Crippen MR) is 176 cm³/mol.